The lowest BCUT2D eigenvalue weighted by molar-refractivity contribution is 0.0698. The van der Waals surface area contributed by atoms with Crippen molar-refractivity contribution in [3.05, 3.63) is 36.0 Å². The molecule has 1 aliphatic rings. The molecule has 1 N–H and O–H groups in total. The van der Waals surface area contributed by atoms with Gasteiger partial charge in [0.1, 0.15) is 0 Å². The Hall–Kier alpha value is -1.81. The molecule has 0 saturated carbocycles. The Morgan fingerprint density at radius 2 is 2.12 bits per heavy atom. The van der Waals surface area contributed by atoms with Crippen LogP contribution in [0.3, 0.4) is 0 Å². The molecule has 1 aliphatic heterocycles. The first-order chi connectivity index (χ1) is 11.6. The fourth-order valence-electron chi connectivity index (χ4n) is 3.98. The van der Waals surface area contributed by atoms with Crippen LogP contribution in [0.2, 0.25) is 0 Å². The molecule has 2 atom stereocenters. The SMILES string of the molecule is CCCCCN1CCC(C(C)n2cc(C(=O)O)c3ccccc32)C1. The maximum Gasteiger partial charge on any atom is 0.337 e. The summed E-state index contributed by atoms with van der Waals surface area (Å²) in [5.41, 5.74) is 1.45. The Labute approximate surface area is 144 Å². The highest BCUT2D eigenvalue weighted by Gasteiger charge is 2.29. The van der Waals surface area contributed by atoms with Crippen LogP contribution in [0.4, 0.5) is 0 Å². The lowest BCUT2D eigenvalue weighted by Crippen LogP contribution is -2.24. The third-order valence-corrected chi connectivity index (χ3v) is 5.48. The number of hydrogen-bond acceptors (Lipinski definition) is 2. The van der Waals surface area contributed by atoms with E-state index in [4.69, 9.17) is 0 Å². The summed E-state index contributed by atoms with van der Waals surface area (Å²) in [6, 6.07) is 8.16. The van der Waals surface area contributed by atoms with Gasteiger partial charge in [0.25, 0.3) is 0 Å². The van der Waals surface area contributed by atoms with Crippen molar-refractivity contribution < 1.29 is 9.90 Å². The molecule has 2 heterocycles. The van der Waals surface area contributed by atoms with E-state index in [0.717, 1.165) is 17.4 Å². The van der Waals surface area contributed by atoms with Crippen LogP contribution in [0.5, 0.6) is 0 Å². The largest absolute Gasteiger partial charge is 0.478 e. The number of para-hydroxylation sites is 1. The van der Waals surface area contributed by atoms with Gasteiger partial charge in [-0.2, -0.15) is 0 Å². The zero-order valence-electron chi connectivity index (χ0n) is 14.7. The number of aromatic nitrogens is 1. The normalized spacial score (nSPS) is 19.8. The minimum Gasteiger partial charge on any atom is -0.478 e. The van der Waals surface area contributed by atoms with Gasteiger partial charge in [-0.1, -0.05) is 38.0 Å². The van der Waals surface area contributed by atoms with Crippen LogP contribution >= 0.6 is 0 Å². The van der Waals surface area contributed by atoms with Crippen molar-refractivity contribution in [1.29, 1.82) is 0 Å². The summed E-state index contributed by atoms with van der Waals surface area (Å²) in [6.07, 6.45) is 6.88. The minimum atomic E-state index is -0.843. The first kappa shape index (κ1) is 17.0. The fourth-order valence-corrected chi connectivity index (χ4v) is 3.98. The van der Waals surface area contributed by atoms with Crippen LogP contribution in [-0.2, 0) is 0 Å². The molecule has 0 bridgehead atoms. The zero-order valence-corrected chi connectivity index (χ0v) is 14.7. The Morgan fingerprint density at radius 3 is 2.88 bits per heavy atom. The van der Waals surface area contributed by atoms with Gasteiger partial charge in [0.2, 0.25) is 0 Å². The van der Waals surface area contributed by atoms with Crippen LogP contribution in [0.25, 0.3) is 10.9 Å². The molecular formula is C20H28N2O2. The monoisotopic (exact) mass is 328 g/mol. The van der Waals surface area contributed by atoms with E-state index < -0.39 is 5.97 Å². The molecular weight excluding hydrogens is 300 g/mol. The Balaban J connectivity index is 1.77. The number of benzene rings is 1. The molecule has 24 heavy (non-hydrogen) atoms. The van der Waals surface area contributed by atoms with Crippen LogP contribution in [0.15, 0.2) is 30.5 Å². The van der Waals surface area contributed by atoms with Crippen molar-refractivity contribution in [3.8, 4) is 0 Å². The molecule has 1 fully saturated rings. The van der Waals surface area contributed by atoms with Gasteiger partial charge in [-0.3, -0.25) is 0 Å². The standard InChI is InChI=1S/C20H28N2O2/c1-3-4-7-11-21-12-10-16(13-21)15(2)22-14-18(20(23)24)17-8-5-6-9-19(17)22/h5-6,8-9,14-16H,3-4,7,10-13H2,1-2H3,(H,23,24). The van der Waals surface area contributed by atoms with Crippen molar-refractivity contribution >= 4 is 16.9 Å². The minimum absolute atomic E-state index is 0.319. The molecule has 3 rings (SSSR count). The molecule has 1 saturated heterocycles. The number of carboxylic acid groups (broad SMARTS) is 1. The third kappa shape index (κ3) is 3.34. The molecule has 0 spiro atoms. The lowest BCUT2D eigenvalue weighted by Gasteiger charge is -2.23. The predicted molar refractivity (Wildman–Crippen MR) is 97.7 cm³/mol. The Kier molecular flexibility index (Phi) is 5.24. The molecule has 2 aromatic rings. The number of unbranched alkanes of at least 4 members (excludes halogenated alkanes) is 2. The van der Waals surface area contributed by atoms with Crippen molar-refractivity contribution in [1.82, 2.24) is 9.47 Å². The molecule has 1 aromatic heterocycles. The average Bonchev–Trinajstić information content (AvgIpc) is 3.19. The smallest absolute Gasteiger partial charge is 0.337 e. The molecule has 2 unspecified atom stereocenters. The number of likely N-dealkylation sites (tertiary alicyclic amines) is 1. The second-order valence-corrected chi connectivity index (χ2v) is 7.07. The van der Waals surface area contributed by atoms with Gasteiger partial charge in [0, 0.05) is 29.7 Å². The number of carbonyl (C=O) groups is 1. The summed E-state index contributed by atoms with van der Waals surface area (Å²) in [5.74, 6) is -0.256. The zero-order chi connectivity index (χ0) is 17.1. The van der Waals surface area contributed by atoms with E-state index in [1.54, 1.807) is 0 Å². The number of aromatic carboxylic acids is 1. The fraction of sp³-hybridized carbons (Fsp3) is 0.550. The number of rotatable bonds is 7. The third-order valence-electron chi connectivity index (χ3n) is 5.48. The topological polar surface area (TPSA) is 45.5 Å². The second-order valence-electron chi connectivity index (χ2n) is 7.07. The molecule has 4 nitrogen and oxygen atoms in total. The van der Waals surface area contributed by atoms with Crippen molar-refractivity contribution in [2.75, 3.05) is 19.6 Å². The van der Waals surface area contributed by atoms with Crippen LogP contribution in [0.1, 0.15) is 55.9 Å². The van der Waals surface area contributed by atoms with Gasteiger partial charge in [0.15, 0.2) is 0 Å². The van der Waals surface area contributed by atoms with Gasteiger partial charge in [-0.25, -0.2) is 4.79 Å². The summed E-state index contributed by atoms with van der Waals surface area (Å²) >= 11 is 0. The van der Waals surface area contributed by atoms with Gasteiger partial charge in [-0.15, -0.1) is 0 Å². The maximum absolute atomic E-state index is 11.5. The number of carboxylic acids is 1. The van der Waals surface area contributed by atoms with Crippen molar-refractivity contribution in [2.45, 2.75) is 45.6 Å². The lowest BCUT2D eigenvalue weighted by atomic mass is 10.0. The Morgan fingerprint density at radius 1 is 1.33 bits per heavy atom. The number of nitrogens with zero attached hydrogens (tertiary/aromatic N) is 2. The van der Waals surface area contributed by atoms with Gasteiger partial charge in [-0.05, 0) is 44.8 Å². The van der Waals surface area contributed by atoms with E-state index in [9.17, 15) is 9.90 Å². The summed E-state index contributed by atoms with van der Waals surface area (Å²) in [5, 5.41) is 10.3. The van der Waals surface area contributed by atoms with Crippen LogP contribution in [-0.4, -0.2) is 40.2 Å². The van der Waals surface area contributed by atoms with E-state index in [0.29, 0.717) is 17.5 Å². The second kappa shape index (κ2) is 7.39. The Bertz CT molecular complexity index is 707. The molecule has 0 aliphatic carbocycles. The average molecular weight is 328 g/mol. The van der Waals surface area contributed by atoms with Gasteiger partial charge < -0.3 is 14.6 Å². The highest BCUT2D eigenvalue weighted by atomic mass is 16.4. The van der Waals surface area contributed by atoms with E-state index in [1.807, 2.05) is 30.5 Å². The number of hydrogen-bond donors (Lipinski definition) is 1. The van der Waals surface area contributed by atoms with E-state index >= 15 is 0 Å². The molecule has 0 amide bonds. The highest BCUT2D eigenvalue weighted by molar-refractivity contribution is 6.03. The maximum atomic E-state index is 11.5. The highest BCUT2D eigenvalue weighted by Crippen LogP contribution is 2.32. The van der Waals surface area contributed by atoms with E-state index in [2.05, 4.69) is 23.3 Å². The molecule has 130 valence electrons. The van der Waals surface area contributed by atoms with E-state index in [1.165, 1.54) is 38.8 Å². The van der Waals surface area contributed by atoms with Crippen molar-refractivity contribution in [3.63, 3.8) is 0 Å². The van der Waals surface area contributed by atoms with Gasteiger partial charge in [0.05, 0.1) is 5.56 Å². The summed E-state index contributed by atoms with van der Waals surface area (Å²) in [6.45, 7) is 7.97. The summed E-state index contributed by atoms with van der Waals surface area (Å²) in [4.78, 5) is 14.1. The summed E-state index contributed by atoms with van der Waals surface area (Å²) < 4.78 is 2.18. The van der Waals surface area contributed by atoms with Crippen LogP contribution < -0.4 is 0 Å². The molecule has 0 radical (unpaired) electrons. The predicted octanol–water partition coefficient (Wildman–Crippen LogP) is 4.41. The van der Waals surface area contributed by atoms with Crippen LogP contribution in [0, 0.1) is 5.92 Å². The molecule has 4 heteroatoms. The quantitative estimate of drug-likeness (QED) is 0.766. The molecule has 1 aromatic carbocycles. The summed E-state index contributed by atoms with van der Waals surface area (Å²) in [7, 11) is 0. The first-order valence-corrected chi connectivity index (χ1v) is 9.17. The first-order valence-electron chi connectivity index (χ1n) is 9.17. The number of fused-ring (bicyclic) bond motifs is 1. The van der Waals surface area contributed by atoms with E-state index in [-0.39, 0.29) is 0 Å². The van der Waals surface area contributed by atoms with Crippen molar-refractivity contribution in [2.24, 2.45) is 5.92 Å². The van der Waals surface area contributed by atoms with Gasteiger partial charge >= 0.3 is 5.97 Å².